The lowest BCUT2D eigenvalue weighted by Gasteiger charge is -2.19. The number of hydrogen-bond acceptors (Lipinski definition) is 8. The van der Waals surface area contributed by atoms with Crippen LogP contribution in [-0.4, -0.2) is 49.3 Å². The normalized spacial score (nSPS) is 13.7. The fourth-order valence-corrected chi connectivity index (χ4v) is 6.64. The summed E-state index contributed by atoms with van der Waals surface area (Å²) >= 11 is 0. The van der Waals surface area contributed by atoms with E-state index in [0.29, 0.717) is 6.42 Å². The smallest absolute Gasteiger partial charge is 0.462 e. The molecular formula is C45H82NO8P. The van der Waals surface area contributed by atoms with Gasteiger partial charge >= 0.3 is 19.8 Å². The maximum absolute atomic E-state index is 12.6. The van der Waals surface area contributed by atoms with Crippen molar-refractivity contribution < 1.29 is 37.6 Å². The van der Waals surface area contributed by atoms with Crippen LogP contribution < -0.4 is 5.73 Å². The third-order valence-corrected chi connectivity index (χ3v) is 10.2. The molecule has 320 valence electrons. The van der Waals surface area contributed by atoms with Gasteiger partial charge in [0.25, 0.3) is 0 Å². The van der Waals surface area contributed by atoms with Crippen LogP contribution in [0.1, 0.15) is 194 Å². The van der Waals surface area contributed by atoms with Gasteiger partial charge in [-0.1, -0.05) is 152 Å². The molecule has 0 heterocycles. The highest BCUT2D eigenvalue weighted by molar-refractivity contribution is 7.47. The van der Waals surface area contributed by atoms with Gasteiger partial charge < -0.3 is 20.1 Å². The summed E-state index contributed by atoms with van der Waals surface area (Å²) in [5.74, 6) is -0.859. The molecule has 0 aromatic heterocycles. The van der Waals surface area contributed by atoms with Crippen LogP contribution in [0.4, 0.5) is 0 Å². The van der Waals surface area contributed by atoms with Crippen LogP contribution in [-0.2, 0) is 32.7 Å². The number of carbonyl (C=O) groups is 2. The number of hydrogen-bond donors (Lipinski definition) is 2. The van der Waals surface area contributed by atoms with Crippen LogP contribution in [0.2, 0.25) is 0 Å². The van der Waals surface area contributed by atoms with E-state index < -0.39 is 32.5 Å². The number of allylic oxidation sites excluding steroid dienone is 8. The molecule has 0 aromatic carbocycles. The topological polar surface area (TPSA) is 134 Å². The summed E-state index contributed by atoms with van der Waals surface area (Å²) in [5.41, 5.74) is 5.35. The van der Waals surface area contributed by atoms with E-state index in [9.17, 15) is 19.0 Å². The molecule has 0 spiro atoms. The van der Waals surface area contributed by atoms with Gasteiger partial charge in [-0.3, -0.25) is 18.6 Å². The van der Waals surface area contributed by atoms with Crippen molar-refractivity contribution in [2.45, 2.75) is 200 Å². The van der Waals surface area contributed by atoms with Gasteiger partial charge in [0.2, 0.25) is 0 Å². The number of phosphoric acid groups is 1. The van der Waals surface area contributed by atoms with Gasteiger partial charge in [0.15, 0.2) is 6.10 Å². The van der Waals surface area contributed by atoms with Crippen LogP contribution in [0.25, 0.3) is 0 Å². The number of unbranched alkanes of at least 4 members (excludes halogenated alkanes) is 20. The Kier molecular flexibility index (Phi) is 40.1. The molecule has 3 N–H and O–H groups in total. The predicted molar refractivity (Wildman–Crippen MR) is 229 cm³/mol. The quantitative estimate of drug-likeness (QED) is 0.0268. The second-order valence-electron chi connectivity index (χ2n) is 14.6. The molecule has 1 unspecified atom stereocenters. The third-order valence-electron chi connectivity index (χ3n) is 9.19. The number of esters is 2. The highest BCUT2D eigenvalue weighted by atomic mass is 31.2. The van der Waals surface area contributed by atoms with Crippen molar-refractivity contribution in [3.63, 3.8) is 0 Å². The van der Waals surface area contributed by atoms with Crippen molar-refractivity contribution >= 4 is 19.8 Å². The van der Waals surface area contributed by atoms with E-state index in [1.165, 1.54) is 89.9 Å². The van der Waals surface area contributed by atoms with Crippen LogP contribution in [0, 0.1) is 0 Å². The summed E-state index contributed by atoms with van der Waals surface area (Å²) in [5, 5.41) is 0. The molecule has 0 radical (unpaired) electrons. The molecule has 0 aliphatic rings. The Morgan fingerprint density at radius 3 is 1.45 bits per heavy atom. The molecule has 10 heteroatoms. The second kappa shape index (κ2) is 41.6. The van der Waals surface area contributed by atoms with Gasteiger partial charge in [-0.25, -0.2) is 4.57 Å². The zero-order valence-corrected chi connectivity index (χ0v) is 36.0. The zero-order chi connectivity index (χ0) is 40.3. The lowest BCUT2D eigenvalue weighted by molar-refractivity contribution is -0.161. The Labute approximate surface area is 336 Å². The monoisotopic (exact) mass is 796 g/mol. The van der Waals surface area contributed by atoms with Crippen LogP contribution in [0.15, 0.2) is 48.6 Å². The van der Waals surface area contributed by atoms with Crippen LogP contribution in [0.3, 0.4) is 0 Å². The number of ether oxygens (including phenoxy) is 2. The first-order chi connectivity index (χ1) is 26.8. The first-order valence-corrected chi connectivity index (χ1v) is 23.6. The molecule has 0 bridgehead atoms. The average Bonchev–Trinajstić information content (AvgIpc) is 3.17. The van der Waals surface area contributed by atoms with Crippen molar-refractivity contribution in [2.75, 3.05) is 26.4 Å². The molecule has 0 fully saturated rings. The SMILES string of the molecule is CCCCC/C=C/C/C=C/C/C=C/CCCCCCC(=O)O[C@H](COC(=O)CCCCCCCCC/C=C/CCCCCCCC)COP(=O)(O)OCCN. The Morgan fingerprint density at radius 2 is 0.945 bits per heavy atom. The van der Waals surface area contributed by atoms with E-state index in [4.69, 9.17) is 24.3 Å². The standard InChI is InChI=1S/C45H82NO8P/c1-3-5-7-9-11-13-15-17-19-21-23-25-27-29-31-33-35-37-44(47)51-41-43(42-53-55(49,50)52-40-39-46)54-45(48)38-36-34-32-30-28-26-24-22-20-18-16-14-12-10-8-6-4-2/h12,14,17-20,24,26,43H,3-11,13,15-16,21-23,25,27-42,46H2,1-2H3,(H,49,50)/b14-12+,19-17+,20-18+,26-24+/t43-/m1/s1. The summed E-state index contributed by atoms with van der Waals surface area (Å²) in [7, 11) is -4.38. The molecule has 0 saturated heterocycles. The minimum absolute atomic E-state index is 0.0475. The van der Waals surface area contributed by atoms with E-state index >= 15 is 0 Å². The molecule has 2 atom stereocenters. The number of nitrogens with two attached hydrogens (primary N) is 1. The Bertz CT molecular complexity index is 1040. The molecule has 0 amide bonds. The van der Waals surface area contributed by atoms with E-state index in [1.54, 1.807) is 0 Å². The van der Waals surface area contributed by atoms with E-state index in [2.05, 4.69) is 62.5 Å². The van der Waals surface area contributed by atoms with Crippen LogP contribution in [0.5, 0.6) is 0 Å². The molecular weight excluding hydrogens is 713 g/mol. The maximum Gasteiger partial charge on any atom is 0.472 e. The summed E-state index contributed by atoms with van der Waals surface area (Å²) in [6.45, 7) is 3.67. The summed E-state index contributed by atoms with van der Waals surface area (Å²) in [4.78, 5) is 34.9. The van der Waals surface area contributed by atoms with Gasteiger partial charge in [0, 0.05) is 19.4 Å². The molecule has 0 aromatic rings. The Hall–Kier alpha value is -2.03. The minimum atomic E-state index is -4.38. The highest BCUT2D eigenvalue weighted by Crippen LogP contribution is 2.43. The summed E-state index contributed by atoms with van der Waals surface area (Å²) in [6.07, 6.45) is 47.1. The lowest BCUT2D eigenvalue weighted by atomic mass is 10.1. The molecule has 0 aliphatic heterocycles. The van der Waals surface area contributed by atoms with Crippen molar-refractivity contribution in [1.29, 1.82) is 0 Å². The Morgan fingerprint density at radius 1 is 0.545 bits per heavy atom. The molecule has 55 heavy (non-hydrogen) atoms. The van der Waals surface area contributed by atoms with Gasteiger partial charge in [-0.2, -0.15) is 0 Å². The summed E-state index contributed by atoms with van der Waals surface area (Å²) < 4.78 is 32.8. The first kappa shape index (κ1) is 53.0. The van der Waals surface area contributed by atoms with Gasteiger partial charge in [0.05, 0.1) is 13.2 Å². The fraction of sp³-hybridized carbons (Fsp3) is 0.778. The highest BCUT2D eigenvalue weighted by Gasteiger charge is 2.26. The number of phosphoric ester groups is 1. The van der Waals surface area contributed by atoms with Crippen molar-refractivity contribution in [3.05, 3.63) is 48.6 Å². The number of rotatable bonds is 41. The largest absolute Gasteiger partial charge is 0.472 e. The third kappa shape index (κ3) is 41.4. The molecule has 0 aliphatic carbocycles. The molecule has 9 nitrogen and oxygen atoms in total. The lowest BCUT2D eigenvalue weighted by Crippen LogP contribution is -2.29. The molecule has 0 rings (SSSR count). The second-order valence-corrected chi connectivity index (χ2v) is 16.0. The predicted octanol–water partition coefficient (Wildman–Crippen LogP) is 12.7. The van der Waals surface area contributed by atoms with E-state index in [-0.39, 0.29) is 32.6 Å². The van der Waals surface area contributed by atoms with Gasteiger partial charge in [-0.05, 0) is 77.0 Å². The van der Waals surface area contributed by atoms with Gasteiger partial charge in [0.1, 0.15) is 6.61 Å². The van der Waals surface area contributed by atoms with Gasteiger partial charge in [-0.15, -0.1) is 0 Å². The fourth-order valence-electron chi connectivity index (χ4n) is 5.87. The van der Waals surface area contributed by atoms with E-state index in [0.717, 1.165) is 70.6 Å². The maximum atomic E-state index is 12.6. The zero-order valence-electron chi connectivity index (χ0n) is 35.2. The van der Waals surface area contributed by atoms with Crippen LogP contribution >= 0.6 is 7.82 Å². The minimum Gasteiger partial charge on any atom is -0.462 e. The average molecular weight is 796 g/mol. The van der Waals surface area contributed by atoms with E-state index in [1.807, 2.05) is 0 Å². The Balaban J connectivity index is 4.19. The molecule has 0 saturated carbocycles. The number of carbonyl (C=O) groups excluding carboxylic acids is 2. The van der Waals surface area contributed by atoms with Crippen molar-refractivity contribution in [1.82, 2.24) is 0 Å². The van der Waals surface area contributed by atoms with Crippen molar-refractivity contribution in [3.8, 4) is 0 Å². The van der Waals surface area contributed by atoms with Crippen molar-refractivity contribution in [2.24, 2.45) is 5.73 Å². The summed E-state index contributed by atoms with van der Waals surface area (Å²) in [6, 6.07) is 0. The first-order valence-electron chi connectivity index (χ1n) is 22.1.